The van der Waals surface area contributed by atoms with Gasteiger partial charge in [-0.05, 0) is 24.7 Å². The predicted octanol–water partition coefficient (Wildman–Crippen LogP) is 2.42. The van der Waals surface area contributed by atoms with Crippen LogP contribution in [0.15, 0.2) is 54.6 Å². The Bertz CT molecular complexity index is 555. The molecule has 2 aromatic carbocycles. The summed E-state index contributed by atoms with van der Waals surface area (Å²) in [4.78, 5) is 11.5. The third-order valence-corrected chi connectivity index (χ3v) is 2.70. The Balaban J connectivity index is 1.94. The first kappa shape index (κ1) is 14.1. The monoisotopic (exact) mass is 270 g/mol. The molecule has 4 nitrogen and oxygen atoms in total. The Morgan fingerprint density at radius 1 is 1.10 bits per heavy atom. The van der Waals surface area contributed by atoms with Gasteiger partial charge >= 0.3 is 0 Å². The highest BCUT2D eigenvalue weighted by atomic mass is 16.5. The first-order valence-electron chi connectivity index (χ1n) is 6.49. The van der Waals surface area contributed by atoms with Crippen molar-refractivity contribution in [3.63, 3.8) is 0 Å². The minimum atomic E-state index is -0.0762. The Hall–Kier alpha value is -2.33. The lowest BCUT2D eigenvalue weighted by molar-refractivity contribution is -0.115. The lowest BCUT2D eigenvalue weighted by Crippen LogP contribution is -2.24. The Kier molecular flexibility index (Phi) is 5.15. The van der Waals surface area contributed by atoms with E-state index in [1.54, 1.807) is 7.05 Å². The number of ether oxygens (including phenoxy) is 1. The van der Waals surface area contributed by atoms with Gasteiger partial charge in [0.15, 0.2) is 0 Å². The highest BCUT2D eigenvalue weighted by Crippen LogP contribution is 2.18. The normalized spacial score (nSPS) is 10.1. The second-order valence-electron chi connectivity index (χ2n) is 4.38. The fourth-order valence-electron chi connectivity index (χ4n) is 1.77. The molecule has 2 aromatic rings. The smallest absolute Gasteiger partial charge is 0.238 e. The molecule has 0 heterocycles. The van der Waals surface area contributed by atoms with Gasteiger partial charge in [0, 0.05) is 11.8 Å². The molecule has 0 aliphatic heterocycles. The number of carbonyl (C=O) groups is 1. The lowest BCUT2D eigenvalue weighted by atomic mass is 10.2. The number of hydrogen-bond acceptors (Lipinski definition) is 3. The molecule has 104 valence electrons. The summed E-state index contributed by atoms with van der Waals surface area (Å²) in [5.41, 5.74) is 1.84. The van der Waals surface area contributed by atoms with E-state index in [0.29, 0.717) is 6.61 Å². The molecule has 0 aliphatic carbocycles. The number of anilines is 1. The molecule has 0 aromatic heterocycles. The van der Waals surface area contributed by atoms with Crippen LogP contribution >= 0.6 is 0 Å². The van der Waals surface area contributed by atoms with Gasteiger partial charge in [-0.15, -0.1) is 0 Å². The molecule has 2 rings (SSSR count). The van der Waals surface area contributed by atoms with Crippen LogP contribution in [0.4, 0.5) is 5.69 Å². The highest BCUT2D eigenvalue weighted by molar-refractivity contribution is 5.92. The standard InChI is InChI=1S/C16H18N2O2/c1-17-11-16(19)18-14-8-5-9-15(10-14)20-12-13-6-3-2-4-7-13/h2-10,17H,11-12H2,1H3,(H,18,19). The van der Waals surface area contributed by atoms with Gasteiger partial charge in [0.2, 0.25) is 5.91 Å². The van der Waals surface area contributed by atoms with Crippen LogP contribution in [0.2, 0.25) is 0 Å². The van der Waals surface area contributed by atoms with E-state index >= 15 is 0 Å². The molecule has 0 spiro atoms. The largest absolute Gasteiger partial charge is 0.489 e. The third-order valence-electron chi connectivity index (χ3n) is 2.70. The molecule has 0 aliphatic rings. The fourth-order valence-corrected chi connectivity index (χ4v) is 1.77. The van der Waals surface area contributed by atoms with Crippen LogP contribution < -0.4 is 15.4 Å². The van der Waals surface area contributed by atoms with Crippen molar-refractivity contribution in [3.05, 3.63) is 60.2 Å². The molecule has 0 radical (unpaired) electrons. The number of benzene rings is 2. The van der Waals surface area contributed by atoms with E-state index in [1.165, 1.54) is 0 Å². The second-order valence-corrected chi connectivity index (χ2v) is 4.38. The molecule has 0 saturated heterocycles. The summed E-state index contributed by atoms with van der Waals surface area (Å²) in [6, 6.07) is 17.3. The summed E-state index contributed by atoms with van der Waals surface area (Å²) in [6.45, 7) is 0.795. The molecule has 0 saturated carbocycles. The lowest BCUT2D eigenvalue weighted by Gasteiger charge is -2.09. The van der Waals surface area contributed by atoms with Gasteiger partial charge in [-0.2, -0.15) is 0 Å². The van der Waals surface area contributed by atoms with Crippen molar-refractivity contribution >= 4 is 11.6 Å². The van der Waals surface area contributed by atoms with Crippen LogP contribution in [0.25, 0.3) is 0 Å². The minimum Gasteiger partial charge on any atom is -0.489 e. The topological polar surface area (TPSA) is 50.4 Å². The average molecular weight is 270 g/mol. The molecule has 1 amide bonds. The summed E-state index contributed by atoms with van der Waals surface area (Å²) in [6.07, 6.45) is 0. The molecular weight excluding hydrogens is 252 g/mol. The van der Waals surface area contributed by atoms with E-state index in [-0.39, 0.29) is 12.5 Å². The first-order valence-corrected chi connectivity index (χ1v) is 6.49. The molecule has 2 N–H and O–H groups in total. The van der Waals surface area contributed by atoms with E-state index in [0.717, 1.165) is 17.0 Å². The predicted molar refractivity (Wildman–Crippen MR) is 79.8 cm³/mol. The number of hydrogen-bond donors (Lipinski definition) is 2. The maximum absolute atomic E-state index is 11.5. The van der Waals surface area contributed by atoms with Gasteiger partial charge in [-0.3, -0.25) is 4.79 Å². The number of likely N-dealkylation sites (N-methyl/N-ethyl adjacent to an activating group) is 1. The van der Waals surface area contributed by atoms with Gasteiger partial charge in [-0.1, -0.05) is 36.4 Å². The minimum absolute atomic E-state index is 0.0762. The van der Waals surface area contributed by atoms with Crippen LogP contribution in [0.1, 0.15) is 5.56 Å². The maximum Gasteiger partial charge on any atom is 0.238 e. The zero-order chi connectivity index (χ0) is 14.2. The van der Waals surface area contributed by atoms with Crippen molar-refractivity contribution in [1.29, 1.82) is 0 Å². The molecular formula is C16H18N2O2. The van der Waals surface area contributed by atoms with Crippen molar-refractivity contribution < 1.29 is 9.53 Å². The van der Waals surface area contributed by atoms with Crippen LogP contribution in [0.5, 0.6) is 5.75 Å². The molecule has 4 heteroatoms. The van der Waals surface area contributed by atoms with E-state index < -0.39 is 0 Å². The van der Waals surface area contributed by atoms with Gasteiger partial charge in [0.25, 0.3) is 0 Å². The third kappa shape index (κ3) is 4.40. The zero-order valence-electron chi connectivity index (χ0n) is 11.4. The Morgan fingerprint density at radius 2 is 1.90 bits per heavy atom. The number of nitrogens with one attached hydrogen (secondary N) is 2. The summed E-state index contributed by atoms with van der Waals surface area (Å²) in [7, 11) is 1.74. The molecule has 20 heavy (non-hydrogen) atoms. The average Bonchev–Trinajstić information content (AvgIpc) is 2.47. The van der Waals surface area contributed by atoms with Crippen molar-refractivity contribution in [2.75, 3.05) is 18.9 Å². The van der Waals surface area contributed by atoms with Crippen molar-refractivity contribution in [2.24, 2.45) is 0 Å². The Morgan fingerprint density at radius 3 is 2.65 bits per heavy atom. The van der Waals surface area contributed by atoms with Crippen molar-refractivity contribution in [2.45, 2.75) is 6.61 Å². The van der Waals surface area contributed by atoms with Gasteiger partial charge < -0.3 is 15.4 Å². The number of amides is 1. The van der Waals surface area contributed by atoms with Crippen LogP contribution in [-0.2, 0) is 11.4 Å². The quantitative estimate of drug-likeness (QED) is 0.847. The summed E-state index contributed by atoms with van der Waals surface area (Å²) >= 11 is 0. The fraction of sp³-hybridized carbons (Fsp3) is 0.188. The highest BCUT2D eigenvalue weighted by Gasteiger charge is 2.02. The number of rotatable bonds is 6. The number of carbonyl (C=O) groups excluding carboxylic acids is 1. The zero-order valence-corrected chi connectivity index (χ0v) is 11.4. The van der Waals surface area contributed by atoms with E-state index in [1.807, 2.05) is 54.6 Å². The first-order chi connectivity index (χ1) is 9.78. The van der Waals surface area contributed by atoms with Crippen LogP contribution in [-0.4, -0.2) is 19.5 Å². The Labute approximate surface area is 118 Å². The second kappa shape index (κ2) is 7.31. The molecule has 0 fully saturated rings. The molecule has 0 atom stereocenters. The van der Waals surface area contributed by atoms with Crippen molar-refractivity contribution in [1.82, 2.24) is 5.32 Å². The SMILES string of the molecule is CNCC(=O)Nc1cccc(OCc2ccccc2)c1. The molecule has 0 unspecified atom stereocenters. The summed E-state index contributed by atoms with van der Waals surface area (Å²) < 4.78 is 5.71. The van der Waals surface area contributed by atoms with Crippen LogP contribution in [0.3, 0.4) is 0 Å². The maximum atomic E-state index is 11.5. The van der Waals surface area contributed by atoms with Crippen LogP contribution in [0, 0.1) is 0 Å². The van der Waals surface area contributed by atoms with Crippen molar-refractivity contribution in [3.8, 4) is 5.75 Å². The van der Waals surface area contributed by atoms with Gasteiger partial charge in [0.05, 0.1) is 6.54 Å². The summed E-state index contributed by atoms with van der Waals surface area (Å²) in [5, 5.41) is 5.61. The summed E-state index contributed by atoms with van der Waals surface area (Å²) in [5.74, 6) is 0.656. The van der Waals surface area contributed by atoms with Gasteiger partial charge in [0.1, 0.15) is 12.4 Å². The van der Waals surface area contributed by atoms with E-state index in [4.69, 9.17) is 4.74 Å². The van der Waals surface area contributed by atoms with E-state index in [2.05, 4.69) is 10.6 Å². The van der Waals surface area contributed by atoms with Gasteiger partial charge in [-0.25, -0.2) is 0 Å². The molecule has 0 bridgehead atoms. The van der Waals surface area contributed by atoms with E-state index in [9.17, 15) is 4.79 Å².